The zero-order valence-electron chi connectivity index (χ0n) is 16.5. The van der Waals surface area contributed by atoms with Crippen LogP contribution in [0.25, 0.3) is 0 Å². The highest BCUT2D eigenvalue weighted by atomic mass is 16.5. The Labute approximate surface area is 153 Å². The number of para-hydroxylation sites is 1. The number of guanidine groups is 1. The molecule has 0 spiro atoms. The predicted octanol–water partition coefficient (Wildman–Crippen LogP) is 2.82. The van der Waals surface area contributed by atoms with E-state index in [1.807, 2.05) is 25.2 Å². The topological polar surface area (TPSA) is 40.1 Å². The van der Waals surface area contributed by atoms with Gasteiger partial charge in [0.15, 0.2) is 5.96 Å². The van der Waals surface area contributed by atoms with Gasteiger partial charge in [-0.25, -0.2) is 0 Å². The average Bonchev–Trinajstić information content (AvgIpc) is 2.63. The van der Waals surface area contributed by atoms with Crippen LogP contribution in [-0.2, 0) is 6.54 Å². The van der Waals surface area contributed by atoms with E-state index in [0.29, 0.717) is 12.0 Å². The lowest BCUT2D eigenvalue weighted by Crippen LogP contribution is -2.46. The first-order chi connectivity index (χ1) is 12.0. The van der Waals surface area contributed by atoms with Gasteiger partial charge in [-0.2, -0.15) is 0 Å². The van der Waals surface area contributed by atoms with Gasteiger partial charge in [0.25, 0.3) is 0 Å². The van der Waals surface area contributed by atoms with Crippen molar-refractivity contribution in [2.45, 2.75) is 39.3 Å². The third-order valence-electron chi connectivity index (χ3n) is 5.00. The van der Waals surface area contributed by atoms with Crippen molar-refractivity contribution in [1.29, 1.82) is 0 Å². The fourth-order valence-corrected chi connectivity index (χ4v) is 3.52. The Morgan fingerprint density at radius 1 is 1.40 bits per heavy atom. The van der Waals surface area contributed by atoms with Crippen molar-refractivity contribution >= 4 is 5.96 Å². The summed E-state index contributed by atoms with van der Waals surface area (Å²) < 4.78 is 5.46. The van der Waals surface area contributed by atoms with Crippen LogP contribution in [0.5, 0.6) is 5.75 Å². The van der Waals surface area contributed by atoms with Crippen LogP contribution in [0.2, 0.25) is 0 Å². The Balaban J connectivity index is 1.89. The molecule has 2 rings (SSSR count). The molecule has 140 valence electrons. The predicted molar refractivity (Wildman–Crippen MR) is 105 cm³/mol. The molecule has 0 saturated carbocycles. The molecule has 1 atom stereocenters. The number of ether oxygens (including phenoxy) is 1. The number of hydrogen-bond donors (Lipinski definition) is 1. The van der Waals surface area contributed by atoms with Gasteiger partial charge in [0.2, 0.25) is 0 Å². The molecule has 25 heavy (non-hydrogen) atoms. The second kappa shape index (κ2) is 9.66. The van der Waals surface area contributed by atoms with Crippen molar-refractivity contribution in [3.63, 3.8) is 0 Å². The quantitative estimate of drug-likeness (QED) is 0.635. The lowest BCUT2D eigenvalue weighted by Gasteiger charge is -2.36. The largest absolute Gasteiger partial charge is 0.496 e. The number of piperidine rings is 1. The van der Waals surface area contributed by atoms with Gasteiger partial charge < -0.3 is 19.9 Å². The zero-order valence-corrected chi connectivity index (χ0v) is 16.5. The molecule has 1 unspecified atom stereocenters. The number of aliphatic imine (C=N–C) groups is 1. The molecular formula is C20H34N4O. The van der Waals surface area contributed by atoms with E-state index in [0.717, 1.165) is 24.8 Å². The second-order valence-corrected chi connectivity index (χ2v) is 7.19. The minimum absolute atomic E-state index is 0.635. The third-order valence-corrected chi connectivity index (χ3v) is 5.00. The molecule has 1 fully saturated rings. The Morgan fingerprint density at radius 3 is 2.84 bits per heavy atom. The van der Waals surface area contributed by atoms with Crippen LogP contribution in [0.3, 0.4) is 0 Å². The average molecular weight is 347 g/mol. The maximum atomic E-state index is 5.46. The lowest BCUT2D eigenvalue weighted by molar-refractivity contribution is 0.140. The molecule has 1 aliphatic rings. The first-order valence-corrected chi connectivity index (χ1v) is 9.32. The maximum absolute atomic E-state index is 5.46. The molecule has 0 aromatic heterocycles. The molecule has 5 heteroatoms. The smallest absolute Gasteiger partial charge is 0.193 e. The van der Waals surface area contributed by atoms with Crippen molar-refractivity contribution in [1.82, 2.24) is 15.1 Å². The number of likely N-dealkylation sites (tertiary alicyclic amines) is 1. The number of rotatable bonds is 6. The number of hydrogen-bond acceptors (Lipinski definition) is 3. The van der Waals surface area contributed by atoms with Crippen LogP contribution in [0.15, 0.2) is 29.3 Å². The second-order valence-electron chi connectivity index (χ2n) is 7.19. The summed E-state index contributed by atoms with van der Waals surface area (Å²) in [5, 5.41) is 3.56. The summed E-state index contributed by atoms with van der Waals surface area (Å²) in [6.45, 7) is 8.73. The number of benzene rings is 1. The molecular weight excluding hydrogens is 312 g/mol. The first-order valence-electron chi connectivity index (χ1n) is 9.32. The Hall–Kier alpha value is -1.75. The minimum Gasteiger partial charge on any atom is -0.496 e. The summed E-state index contributed by atoms with van der Waals surface area (Å²) in [4.78, 5) is 9.19. The van der Waals surface area contributed by atoms with Crippen LogP contribution in [0.4, 0.5) is 0 Å². The Morgan fingerprint density at radius 2 is 2.16 bits per heavy atom. The normalized spacial score (nSPS) is 19.1. The number of methoxy groups -OCH3 is 1. The van der Waals surface area contributed by atoms with E-state index in [1.54, 1.807) is 7.11 Å². The van der Waals surface area contributed by atoms with E-state index in [-0.39, 0.29) is 0 Å². The minimum atomic E-state index is 0.635. The van der Waals surface area contributed by atoms with Crippen LogP contribution >= 0.6 is 0 Å². The monoisotopic (exact) mass is 346 g/mol. The fraction of sp³-hybridized carbons (Fsp3) is 0.650. The van der Waals surface area contributed by atoms with Crippen molar-refractivity contribution in [2.75, 3.05) is 40.8 Å². The lowest BCUT2D eigenvalue weighted by atomic mass is 9.97. The summed E-state index contributed by atoms with van der Waals surface area (Å²) >= 11 is 0. The highest BCUT2D eigenvalue weighted by molar-refractivity contribution is 5.79. The summed E-state index contributed by atoms with van der Waals surface area (Å²) in [6, 6.07) is 8.78. The Kier molecular flexibility index (Phi) is 7.56. The van der Waals surface area contributed by atoms with Crippen LogP contribution in [-0.4, -0.2) is 62.6 Å². The fourth-order valence-electron chi connectivity index (χ4n) is 3.52. The van der Waals surface area contributed by atoms with Crippen molar-refractivity contribution in [2.24, 2.45) is 10.9 Å². The van der Waals surface area contributed by atoms with Gasteiger partial charge in [-0.3, -0.25) is 4.99 Å². The molecule has 1 saturated heterocycles. The van der Waals surface area contributed by atoms with E-state index in [9.17, 15) is 0 Å². The molecule has 1 aromatic carbocycles. The summed E-state index contributed by atoms with van der Waals surface area (Å²) in [6.07, 6.45) is 2.59. The van der Waals surface area contributed by atoms with Crippen LogP contribution in [0, 0.1) is 5.92 Å². The Bertz CT molecular complexity index is 558. The van der Waals surface area contributed by atoms with Gasteiger partial charge in [0.1, 0.15) is 5.75 Å². The SMILES string of the molecule is CN=C(NCC1CCCN(C(C)C)C1)N(C)Cc1ccccc1OC. The molecule has 1 N–H and O–H groups in total. The zero-order chi connectivity index (χ0) is 18.2. The summed E-state index contributed by atoms with van der Waals surface area (Å²) in [7, 11) is 5.64. The molecule has 1 aromatic rings. The van der Waals surface area contributed by atoms with E-state index < -0.39 is 0 Å². The third kappa shape index (κ3) is 5.63. The molecule has 0 radical (unpaired) electrons. The molecule has 0 aliphatic carbocycles. The summed E-state index contributed by atoms with van der Waals surface area (Å²) in [5.74, 6) is 2.55. The molecule has 0 bridgehead atoms. The molecule has 1 heterocycles. The van der Waals surface area contributed by atoms with Crippen molar-refractivity contribution in [3.05, 3.63) is 29.8 Å². The van der Waals surface area contributed by atoms with Gasteiger partial charge in [-0.05, 0) is 45.2 Å². The van der Waals surface area contributed by atoms with Crippen molar-refractivity contribution in [3.8, 4) is 5.75 Å². The highest BCUT2D eigenvalue weighted by Gasteiger charge is 2.22. The van der Waals surface area contributed by atoms with Gasteiger partial charge in [0, 0.05) is 45.3 Å². The van der Waals surface area contributed by atoms with Crippen LogP contribution in [0.1, 0.15) is 32.3 Å². The van der Waals surface area contributed by atoms with E-state index in [4.69, 9.17) is 4.74 Å². The number of nitrogens with zero attached hydrogens (tertiary/aromatic N) is 3. The van der Waals surface area contributed by atoms with Crippen LogP contribution < -0.4 is 10.1 Å². The van der Waals surface area contributed by atoms with Crippen molar-refractivity contribution < 1.29 is 4.74 Å². The number of nitrogens with one attached hydrogen (secondary N) is 1. The van der Waals surface area contributed by atoms with E-state index in [2.05, 4.69) is 47.1 Å². The molecule has 0 amide bonds. The summed E-state index contributed by atoms with van der Waals surface area (Å²) in [5.41, 5.74) is 1.17. The van der Waals surface area contributed by atoms with E-state index in [1.165, 1.54) is 31.5 Å². The van der Waals surface area contributed by atoms with Gasteiger partial charge in [-0.15, -0.1) is 0 Å². The van der Waals surface area contributed by atoms with Gasteiger partial charge in [-0.1, -0.05) is 18.2 Å². The molecule has 5 nitrogen and oxygen atoms in total. The highest BCUT2D eigenvalue weighted by Crippen LogP contribution is 2.19. The van der Waals surface area contributed by atoms with Gasteiger partial charge in [0.05, 0.1) is 7.11 Å². The maximum Gasteiger partial charge on any atom is 0.193 e. The molecule has 1 aliphatic heterocycles. The first kappa shape index (κ1) is 19.6. The van der Waals surface area contributed by atoms with E-state index >= 15 is 0 Å². The van der Waals surface area contributed by atoms with Gasteiger partial charge >= 0.3 is 0 Å². The standard InChI is InChI=1S/C20H34N4O/c1-16(2)24-12-8-9-17(14-24)13-22-20(21-3)23(4)15-18-10-6-7-11-19(18)25-5/h6-7,10-11,16-17H,8-9,12-15H2,1-5H3,(H,21,22).